The topological polar surface area (TPSA) is 62.8 Å². The van der Waals surface area contributed by atoms with E-state index < -0.39 is 0 Å². The molecular weight excluding hydrogens is 262 g/mol. The van der Waals surface area contributed by atoms with Crippen LogP contribution in [0.15, 0.2) is 27.8 Å². The Labute approximate surface area is 96.1 Å². The Balaban J connectivity index is 2.31. The van der Waals surface area contributed by atoms with E-state index in [0.29, 0.717) is 6.42 Å². The van der Waals surface area contributed by atoms with Gasteiger partial charge in [0.05, 0.1) is 5.84 Å². The average Bonchev–Trinajstić information content (AvgIpc) is 2.15. The molecule has 0 aliphatic carbocycles. The van der Waals surface area contributed by atoms with Gasteiger partial charge in [0, 0.05) is 17.1 Å². The van der Waals surface area contributed by atoms with Crippen molar-refractivity contribution in [1.82, 2.24) is 4.98 Å². The maximum atomic E-state index is 7.06. The molecule has 14 heavy (non-hydrogen) atoms. The highest BCUT2D eigenvalue weighted by Crippen LogP contribution is 2.25. The maximum absolute atomic E-state index is 7.06. The van der Waals surface area contributed by atoms with E-state index in [9.17, 15) is 0 Å². The zero-order valence-corrected chi connectivity index (χ0v) is 10.1. The van der Waals surface area contributed by atoms with Gasteiger partial charge in [-0.1, -0.05) is 0 Å². The van der Waals surface area contributed by atoms with Crippen LogP contribution in [0.1, 0.15) is 12.8 Å². The van der Waals surface area contributed by atoms with E-state index in [0.717, 1.165) is 21.7 Å². The smallest absolute Gasteiger partial charge is 0.110 e. The number of thioether (sulfide) groups is 1. The second-order valence-corrected chi connectivity index (χ2v) is 4.71. The number of aromatic nitrogens is 1. The summed E-state index contributed by atoms with van der Waals surface area (Å²) in [6.07, 6.45) is 3.36. The number of hydrogen-bond acceptors (Lipinski definition) is 3. The molecule has 0 saturated heterocycles. The maximum Gasteiger partial charge on any atom is 0.110 e. The van der Waals surface area contributed by atoms with Crippen molar-refractivity contribution in [3.63, 3.8) is 0 Å². The van der Waals surface area contributed by atoms with Gasteiger partial charge in [-0.2, -0.15) is 0 Å². The van der Waals surface area contributed by atoms with Crippen LogP contribution in [-0.2, 0) is 0 Å². The molecule has 0 fully saturated rings. The van der Waals surface area contributed by atoms with Crippen LogP contribution in [0.5, 0.6) is 0 Å². The molecule has 0 atom stereocenters. The normalized spacial score (nSPS) is 10.1. The Morgan fingerprint density at radius 3 is 3.07 bits per heavy atom. The van der Waals surface area contributed by atoms with Crippen molar-refractivity contribution in [3.05, 3.63) is 22.8 Å². The minimum absolute atomic E-state index is 0.255. The van der Waals surface area contributed by atoms with Crippen LogP contribution >= 0.6 is 27.7 Å². The highest BCUT2D eigenvalue weighted by Gasteiger charge is 2.00. The second kappa shape index (κ2) is 6.03. The van der Waals surface area contributed by atoms with Crippen LogP contribution in [0, 0.1) is 5.41 Å². The first-order chi connectivity index (χ1) is 6.70. The Morgan fingerprint density at radius 2 is 2.43 bits per heavy atom. The van der Waals surface area contributed by atoms with Crippen molar-refractivity contribution in [2.75, 3.05) is 5.75 Å². The number of nitrogens with two attached hydrogens (primary N) is 1. The van der Waals surface area contributed by atoms with Crippen LogP contribution in [0.25, 0.3) is 0 Å². The van der Waals surface area contributed by atoms with Gasteiger partial charge in [0.15, 0.2) is 0 Å². The largest absolute Gasteiger partial charge is 0.388 e. The fraction of sp³-hybridized carbons (Fsp3) is 0.333. The van der Waals surface area contributed by atoms with Gasteiger partial charge in [-0.3, -0.25) is 5.41 Å². The summed E-state index contributed by atoms with van der Waals surface area (Å²) in [4.78, 5) is 4.23. The highest BCUT2D eigenvalue weighted by atomic mass is 79.9. The van der Waals surface area contributed by atoms with Gasteiger partial charge < -0.3 is 5.73 Å². The Bertz CT molecular complexity index is 317. The molecule has 1 rings (SSSR count). The van der Waals surface area contributed by atoms with Crippen molar-refractivity contribution in [2.24, 2.45) is 5.73 Å². The fourth-order valence-corrected chi connectivity index (χ4v) is 2.33. The van der Waals surface area contributed by atoms with E-state index in [4.69, 9.17) is 11.1 Å². The lowest BCUT2D eigenvalue weighted by Crippen LogP contribution is -2.08. The third kappa shape index (κ3) is 4.11. The molecule has 3 N–H and O–H groups in total. The van der Waals surface area contributed by atoms with Crippen LogP contribution in [0.2, 0.25) is 0 Å². The second-order valence-electron chi connectivity index (χ2n) is 2.77. The van der Waals surface area contributed by atoms with Crippen LogP contribution < -0.4 is 5.73 Å². The SMILES string of the molecule is N=C(N)CCCSc1ncccc1Br. The molecule has 0 aliphatic heterocycles. The van der Waals surface area contributed by atoms with E-state index in [1.165, 1.54) is 0 Å². The van der Waals surface area contributed by atoms with Crippen molar-refractivity contribution in [1.29, 1.82) is 5.41 Å². The number of rotatable bonds is 5. The third-order valence-corrected chi connectivity index (χ3v) is 3.55. The minimum atomic E-state index is 0.255. The summed E-state index contributed by atoms with van der Waals surface area (Å²) in [5.41, 5.74) is 5.25. The van der Waals surface area contributed by atoms with Crippen molar-refractivity contribution in [2.45, 2.75) is 17.9 Å². The standard InChI is InChI=1S/C9H12BrN3S/c10-7-3-1-5-13-9(7)14-6-2-4-8(11)12/h1,3,5H,2,4,6H2,(H3,11,12). The Morgan fingerprint density at radius 1 is 1.64 bits per heavy atom. The van der Waals surface area contributed by atoms with Gasteiger partial charge in [-0.15, -0.1) is 11.8 Å². The van der Waals surface area contributed by atoms with E-state index in [2.05, 4.69) is 20.9 Å². The van der Waals surface area contributed by atoms with E-state index in [1.54, 1.807) is 18.0 Å². The summed E-state index contributed by atoms with van der Waals surface area (Å²) < 4.78 is 1.02. The van der Waals surface area contributed by atoms with Crippen LogP contribution in [0.4, 0.5) is 0 Å². The zero-order chi connectivity index (χ0) is 10.4. The minimum Gasteiger partial charge on any atom is -0.388 e. The lowest BCUT2D eigenvalue weighted by atomic mass is 10.3. The summed E-state index contributed by atoms with van der Waals surface area (Å²) >= 11 is 5.11. The number of nitrogens with zero attached hydrogens (tertiary/aromatic N) is 1. The molecular formula is C9H12BrN3S. The Hall–Kier alpha value is -0.550. The number of hydrogen-bond donors (Lipinski definition) is 2. The molecule has 1 heterocycles. The predicted molar refractivity (Wildman–Crippen MR) is 63.8 cm³/mol. The molecule has 0 aliphatic rings. The van der Waals surface area contributed by atoms with E-state index in [1.807, 2.05) is 12.1 Å². The average molecular weight is 274 g/mol. The molecule has 0 aromatic carbocycles. The summed E-state index contributed by atoms with van der Waals surface area (Å²) in [7, 11) is 0. The third-order valence-electron chi connectivity index (χ3n) is 1.55. The molecule has 0 saturated carbocycles. The van der Waals surface area contributed by atoms with E-state index >= 15 is 0 Å². The number of halogens is 1. The zero-order valence-electron chi connectivity index (χ0n) is 7.66. The lowest BCUT2D eigenvalue weighted by molar-refractivity contribution is 0.983. The highest BCUT2D eigenvalue weighted by molar-refractivity contribution is 9.10. The number of amidine groups is 1. The first-order valence-electron chi connectivity index (χ1n) is 4.26. The molecule has 0 amide bonds. The molecule has 3 nitrogen and oxygen atoms in total. The summed E-state index contributed by atoms with van der Waals surface area (Å²) in [5.74, 6) is 1.19. The van der Waals surface area contributed by atoms with Gasteiger partial charge in [-0.05, 0) is 40.2 Å². The number of nitrogens with one attached hydrogen (secondary N) is 1. The molecule has 76 valence electrons. The van der Waals surface area contributed by atoms with Gasteiger partial charge in [0.2, 0.25) is 0 Å². The molecule has 5 heteroatoms. The number of pyridine rings is 1. The monoisotopic (exact) mass is 273 g/mol. The first-order valence-corrected chi connectivity index (χ1v) is 6.04. The predicted octanol–water partition coefficient (Wildman–Crippen LogP) is 2.65. The van der Waals surface area contributed by atoms with Gasteiger partial charge in [0.1, 0.15) is 5.03 Å². The molecule has 0 bridgehead atoms. The summed E-state index contributed by atoms with van der Waals surface area (Å²) in [6.45, 7) is 0. The fourth-order valence-electron chi connectivity index (χ4n) is 0.909. The first kappa shape index (κ1) is 11.5. The van der Waals surface area contributed by atoms with Gasteiger partial charge >= 0.3 is 0 Å². The van der Waals surface area contributed by atoms with Crippen LogP contribution in [-0.4, -0.2) is 16.6 Å². The Kier molecular flexibility index (Phi) is 4.97. The lowest BCUT2D eigenvalue weighted by Gasteiger charge is -2.01. The van der Waals surface area contributed by atoms with Gasteiger partial charge in [0.25, 0.3) is 0 Å². The van der Waals surface area contributed by atoms with Crippen molar-refractivity contribution < 1.29 is 0 Å². The molecule has 0 radical (unpaired) electrons. The molecule has 1 aromatic heterocycles. The quantitative estimate of drug-likeness (QED) is 0.375. The van der Waals surface area contributed by atoms with Crippen LogP contribution in [0.3, 0.4) is 0 Å². The molecule has 0 unspecified atom stereocenters. The van der Waals surface area contributed by atoms with Gasteiger partial charge in [-0.25, -0.2) is 4.98 Å². The molecule has 1 aromatic rings. The van der Waals surface area contributed by atoms with Crippen molar-refractivity contribution >= 4 is 33.5 Å². The summed E-state index contributed by atoms with van der Waals surface area (Å²) in [6, 6.07) is 3.87. The van der Waals surface area contributed by atoms with E-state index in [-0.39, 0.29) is 5.84 Å². The van der Waals surface area contributed by atoms with Crippen molar-refractivity contribution in [3.8, 4) is 0 Å². The molecule has 0 spiro atoms. The summed E-state index contributed by atoms with van der Waals surface area (Å²) in [5, 5.41) is 8.06.